The van der Waals surface area contributed by atoms with Crippen LogP contribution in [0.25, 0.3) is 5.00 Å². The number of fused-ring (bicyclic) bond motifs is 3. The van der Waals surface area contributed by atoms with Gasteiger partial charge in [0.2, 0.25) is 0 Å². The molecule has 0 radical (unpaired) electrons. The van der Waals surface area contributed by atoms with E-state index < -0.39 is 0 Å². The van der Waals surface area contributed by atoms with Crippen molar-refractivity contribution in [3.05, 3.63) is 76.9 Å². The molecule has 25 heavy (non-hydrogen) atoms. The minimum atomic E-state index is -0.184. The first-order valence-electron chi connectivity index (χ1n) is 7.99. The van der Waals surface area contributed by atoms with Gasteiger partial charge in [-0.05, 0) is 29.1 Å². The molecular formula is C19H17N3O2S. The van der Waals surface area contributed by atoms with Crippen molar-refractivity contribution in [1.82, 2.24) is 9.88 Å². The Kier molecular flexibility index (Phi) is 4.11. The summed E-state index contributed by atoms with van der Waals surface area (Å²) in [5.74, 6) is -0.0604. The number of carbonyl (C=O) groups is 1. The summed E-state index contributed by atoms with van der Waals surface area (Å²) < 4.78 is 2.08. The first-order chi connectivity index (χ1) is 12.3. The standard InChI is InChI=1S/C19H17N3O2S/c1-24-21-15(13-6-3-2-4-7-13)12-16-17-8-5-10-22(17)19-14(9-11-25-19)18(23)20-16/h2-11,16H,12H2,1H3,(H,20,23)/b21-15+. The molecule has 5 nitrogen and oxygen atoms in total. The summed E-state index contributed by atoms with van der Waals surface area (Å²) in [7, 11) is 1.54. The molecule has 0 saturated heterocycles. The molecule has 3 aromatic rings. The summed E-state index contributed by atoms with van der Waals surface area (Å²) in [5, 5.41) is 10.2. The zero-order chi connectivity index (χ0) is 17.2. The van der Waals surface area contributed by atoms with Crippen molar-refractivity contribution < 1.29 is 9.63 Å². The summed E-state index contributed by atoms with van der Waals surface area (Å²) in [4.78, 5) is 17.7. The second kappa shape index (κ2) is 6.57. The van der Waals surface area contributed by atoms with Crippen molar-refractivity contribution in [2.75, 3.05) is 7.11 Å². The lowest BCUT2D eigenvalue weighted by Crippen LogP contribution is -2.29. The van der Waals surface area contributed by atoms with E-state index in [1.807, 2.05) is 60.1 Å². The highest BCUT2D eigenvalue weighted by molar-refractivity contribution is 7.13. The molecular weight excluding hydrogens is 334 g/mol. The van der Waals surface area contributed by atoms with Gasteiger partial charge in [0.25, 0.3) is 5.91 Å². The summed E-state index contributed by atoms with van der Waals surface area (Å²) in [6, 6.07) is 15.6. The number of carbonyl (C=O) groups excluding carboxylic acids is 1. The highest BCUT2D eigenvalue weighted by Gasteiger charge is 2.28. The van der Waals surface area contributed by atoms with Crippen LogP contribution >= 0.6 is 11.3 Å². The summed E-state index contributed by atoms with van der Waals surface area (Å²) in [6.07, 6.45) is 2.54. The van der Waals surface area contributed by atoms with E-state index in [-0.39, 0.29) is 11.9 Å². The summed E-state index contributed by atoms with van der Waals surface area (Å²) >= 11 is 1.56. The number of aromatic nitrogens is 1. The average Bonchev–Trinajstić information content (AvgIpc) is 3.28. The van der Waals surface area contributed by atoms with Crippen LogP contribution in [0.4, 0.5) is 0 Å². The van der Waals surface area contributed by atoms with E-state index in [1.165, 1.54) is 7.11 Å². The van der Waals surface area contributed by atoms with E-state index in [2.05, 4.69) is 15.0 Å². The molecule has 0 saturated carbocycles. The second-order valence-electron chi connectivity index (χ2n) is 5.76. The van der Waals surface area contributed by atoms with Crippen LogP contribution in [0.3, 0.4) is 0 Å². The molecule has 1 aliphatic rings. The highest BCUT2D eigenvalue weighted by Crippen LogP contribution is 2.32. The normalized spacial score (nSPS) is 16.6. The van der Waals surface area contributed by atoms with E-state index in [9.17, 15) is 4.79 Å². The van der Waals surface area contributed by atoms with Crippen LogP contribution in [0, 0.1) is 0 Å². The Balaban J connectivity index is 1.72. The molecule has 1 atom stereocenters. The quantitative estimate of drug-likeness (QED) is 0.575. The van der Waals surface area contributed by atoms with Crippen molar-refractivity contribution in [3.8, 4) is 5.00 Å². The third kappa shape index (κ3) is 2.85. The minimum Gasteiger partial charge on any atom is -0.399 e. The zero-order valence-corrected chi connectivity index (χ0v) is 14.5. The van der Waals surface area contributed by atoms with Gasteiger partial charge in [0, 0.05) is 18.3 Å². The lowest BCUT2D eigenvalue weighted by Gasteiger charge is -2.18. The van der Waals surface area contributed by atoms with E-state index in [0.29, 0.717) is 12.0 Å². The van der Waals surface area contributed by atoms with Gasteiger partial charge in [0.1, 0.15) is 12.1 Å². The Morgan fingerprint density at radius 1 is 1.24 bits per heavy atom. The van der Waals surface area contributed by atoms with Gasteiger partial charge in [-0.3, -0.25) is 4.79 Å². The fourth-order valence-electron chi connectivity index (χ4n) is 3.13. The molecule has 1 amide bonds. The number of hydrogen-bond donors (Lipinski definition) is 1. The molecule has 1 N–H and O–H groups in total. The average molecular weight is 351 g/mol. The van der Waals surface area contributed by atoms with Gasteiger partial charge in [-0.2, -0.15) is 0 Å². The van der Waals surface area contributed by atoms with Gasteiger partial charge in [0.15, 0.2) is 0 Å². The number of amides is 1. The highest BCUT2D eigenvalue weighted by atomic mass is 32.1. The number of benzene rings is 1. The van der Waals surface area contributed by atoms with Crippen molar-refractivity contribution >= 4 is 23.0 Å². The molecule has 1 unspecified atom stereocenters. The monoisotopic (exact) mass is 351 g/mol. The van der Waals surface area contributed by atoms with Gasteiger partial charge < -0.3 is 14.7 Å². The molecule has 0 fully saturated rings. The van der Waals surface area contributed by atoms with Gasteiger partial charge in [0.05, 0.1) is 17.3 Å². The van der Waals surface area contributed by atoms with E-state index in [0.717, 1.165) is 22.0 Å². The molecule has 0 aliphatic carbocycles. The zero-order valence-electron chi connectivity index (χ0n) is 13.7. The van der Waals surface area contributed by atoms with Crippen LogP contribution in [-0.2, 0) is 4.84 Å². The van der Waals surface area contributed by atoms with Crippen LogP contribution in [0.2, 0.25) is 0 Å². The third-order valence-corrected chi connectivity index (χ3v) is 5.17. The Morgan fingerprint density at radius 3 is 2.88 bits per heavy atom. The van der Waals surface area contributed by atoms with Crippen LogP contribution in [0.15, 0.2) is 65.3 Å². The molecule has 1 aliphatic heterocycles. The van der Waals surface area contributed by atoms with Crippen LogP contribution in [0.1, 0.15) is 34.1 Å². The van der Waals surface area contributed by atoms with E-state index >= 15 is 0 Å². The smallest absolute Gasteiger partial charge is 0.254 e. The lowest BCUT2D eigenvalue weighted by molar-refractivity contribution is 0.0940. The number of hydrogen-bond acceptors (Lipinski definition) is 4. The fraction of sp³-hybridized carbons (Fsp3) is 0.158. The first-order valence-corrected chi connectivity index (χ1v) is 8.87. The van der Waals surface area contributed by atoms with Crippen LogP contribution < -0.4 is 5.32 Å². The SMILES string of the molecule is CO/N=C(\CC1NC(=O)c2ccsc2-n2cccc21)c1ccccc1. The Bertz CT molecular complexity index is 927. The molecule has 0 bridgehead atoms. The van der Waals surface area contributed by atoms with E-state index in [1.54, 1.807) is 11.3 Å². The predicted molar refractivity (Wildman–Crippen MR) is 98.5 cm³/mol. The summed E-state index contributed by atoms with van der Waals surface area (Å²) in [5.41, 5.74) is 3.52. The van der Waals surface area contributed by atoms with Crippen LogP contribution in [-0.4, -0.2) is 23.3 Å². The fourth-order valence-corrected chi connectivity index (χ4v) is 4.03. The molecule has 1 aromatic carbocycles. The van der Waals surface area contributed by atoms with Gasteiger partial charge >= 0.3 is 0 Å². The second-order valence-corrected chi connectivity index (χ2v) is 6.65. The number of oxime groups is 1. The summed E-state index contributed by atoms with van der Waals surface area (Å²) in [6.45, 7) is 0. The molecule has 0 spiro atoms. The van der Waals surface area contributed by atoms with Gasteiger partial charge in [-0.25, -0.2) is 0 Å². The first kappa shape index (κ1) is 15.7. The molecule has 4 rings (SSSR count). The van der Waals surface area contributed by atoms with Gasteiger partial charge in [-0.1, -0.05) is 35.5 Å². The largest absolute Gasteiger partial charge is 0.399 e. The third-order valence-electron chi connectivity index (χ3n) is 4.26. The number of thiophene rings is 1. The van der Waals surface area contributed by atoms with Crippen molar-refractivity contribution in [2.45, 2.75) is 12.5 Å². The van der Waals surface area contributed by atoms with E-state index in [4.69, 9.17) is 4.84 Å². The molecule has 6 heteroatoms. The van der Waals surface area contributed by atoms with Crippen molar-refractivity contribution in [2.24, 2.45) is 5.16 Å². The van der Waals surface area contributed by atoms with Crippen molar-refractivity contribution in [1.29, 1.82) is 0 Å². The Morgan fingerprint density at radius 2 is 2.08 bits per heavy atom. The topological polar surface area (TPSA) is 55.6 Å². The number of nitrogens with zero attached hydrogens (tertiary/aromatic N) is 2. The van der Waals surface area contributed by atoms with Crippen LogP contribution in [0.5, 0.6) is 0 Å². The lowest BCUT2D eigenvalue weighted by atomic mass is 10.0. The Hall–Kier alpha value is -2.86. The number of nitrogens with one attached hydrogen (secondary N) is 1. The predicted octanol–water partition coefficient (Wildman–Crippen LogP) is 3.76. The maximum absolute atomic E-state index is 12.6. The van der Waals surface area contributed by atoms with Gasteiger partial charge in [-0.15, -0.1) is 11.3 Å². The molecule has 126 valence electrons. The Labute approximate surface area is 149 Å². The molecule has 2 aromatic heterocycles. The van der Waals surface area contributed by atoms with Crippen molar-refractivity contribution in [3.63, 3.8) is 0 Å². The molecule has 3 heterocycles. The maximum atomic E-state index is 12.6. The number of rotatable bonds is 4. The maximum Gasteiger partial charge on any atom is 0.254 e. The minimum absolute atomic E-state index is 0.0604.